The highest BCUT2D eigenvalue weighted by Crippen LogP contribution is 2.39. The number of halogens is 6. The molecule has 0 amide bonds. The van der Waals surface area contributed by atoms with Gasteiger partial charge in [0.15, 0.2) is 0 Å². The maximum absolute atomic E-state index is 12.4. The number of hydrogen-bond acceptors (Lipinski definition) is 2. The number of carbonyl (C=O) groups excluding carboxylic acids is 1. The molecule has 0 aromatic heterocycles. The lowest BCUT2D eigenvalue weighted by Crippen LogP contribution is -2.26. The van der Waals surface area contributed by atoms with E-state index in [1.165, 1.54) is 12.8 Å². The normalized spacial score (nSPS) is 13.8. The SMILES string of the molecule is CC(CCC=C(C(F)(F)F)C(F)(F)F)CCOC(=O)CCCCCCCC(C)(C)C. The molecule has 30 heavy (non-hydrogen) atoms. The molecule has 0 rings (SSSR count). The Morgan fingerprint density at radius 2 is 1.40 bits per heavy atom. The van der Waals surface area contributed by atoms with Crippen molar-refractivity contribution in [3.05, 3.63) is 11.6 Å². The molecule has 1 unspecified atom stereocenters. The monoisotopic (exact) mass is 446 g/mol. The fourth-order valence-electron chi connectivity index (χ4n) is 2.95. The summed E-state index contributed by atoms with van der Waals surface area (Å²) < 4.78 is 79.6. The van der Waals surface area contributed by atoms with E-state index in [-0.39, 0.29) is 37.4 Å². The molecule has 0 bridgehead atoms. The standard InChI is InChI=1S/C22H36F6O2/c1-17(11-10-12-18(21(23,24)25)22(26,27)28)14-16-30-19(29)13-8-6-5-7-9-15-20(2,3)4/h12,17H,5-11,13-16H2,1-4H3. The van der Waals surface area contributed by atoms with E-state index >= 15 is 0 Å². The average molecular weight is 447 g/mol. The highest BCUT2D eigenvalue weighted by Gasteiger charge is 2.50. The number of hydrogen-bond donors (Lipinski definition) is 0. The van der Waals surface area contributed by atoms with Crippen molar-refractivity contribution >= 4 is 5.97 Å². The zero-order valence-corrected chi connectivity index (χ0v) is 18.5. The Kier molecular flexibility index (Phi) is 12.7. The van der Waals surface area contributed by atoms with Gasteiger partial charge in [-0.2, -0.15) is 26.3 Å². The van der Waals surface area contributed by atoms with E-state index in [9.17, 15) is 31.1 Å². The van der Waals surface area contributed by atoms with Crippen LogP contribution >= 0.6 is 0 Å². The summed E-state index contributed by atoms with van der Waals surface area (Å²) in [6.07, 6.45) is -3.79. The van der Waals surface area contributed by atoms with Crippen LogP contribution in [0.25, 0.3) is 0 Å². The van der Waals surface area contributed by atoms with Crippen LogP contribution in [0.15, 0.2) is 11.6 Å². The molecule has 178 valence electrons. The van der Waals surface area contributed by atoms with Gasteiger partial charge in [0.1, 0.15) is 5.57 Å². The molecule has 0 aliphatic carbocycles. The predicted octanol–water partition coefficient (Wildman–Crippen LogP) is 8.16. The molecule has 1 atom stereocenters. The summed E-state index contributed by atoms with van der Waals surface area (Å²) >= 11 is 0. The van der Waals surface area contributed by atoms with E-state index in [0.717, 1.165) is 25.7 Å². The second kappa shape index (κ2) is 13.3. The number of alkyl halides is 6. The Morgan fingerprint density at radius 1 is 0.867 bits per heavy atom. The summed E-state index contributed by atoms with van der Waals surface area (Å²) in [6, 6.07) is 0. The summed E-state index contributed by atoms with van der Waals surface area (Å²) in [4.78, 5) is 11.7. The number of esters is 1. The van der Waals surface area contributed by atoms with Crippen LogP contribution < -0.4 is 0 Å². The molecule has 0 saturated heterocycles. The fraction of sp³-hybridized carbons (Fsp3) is 0.864. The molecule has 2 nitrogen and oxygen atoms in total. The molecule has 0 fully saturated rings. The fourth-order valence-corrected chi connectivity index (χ4v) is 2.95. The lowest BCUT2D eigenvalue weighted by molar-refractivity contribution is -0.172. The Labute approximate surface area is 176 Å². The average Bonchev–Trinajstić information content (AvgIpc) is 2.54. The van der Waals surface area contributed by atoms with E-state index in [1.54, 1.807) is 6.92 Å². The number of unbranched alkanes of at least 4 members (excludes halogenated alkanes) is 4. The van der Waals surface area contributed by atoms with Gasteiger partial charge in [-0.05, 0) is 43.4 Å². The van der Waals surface area contributed by atoms with Crippen molar-refractivity contribution in [2.24, 2.45) is 11.3 Å². The molecule has 0 saturated carbocycles. The molecule has 0 aliphatic rings. The molecule has 0 heterocycles. The molecule has 0 aromatic carbocycles. The van der Waals surface area contributed by atoms with Gasteiger partial charge in [-0.25, -0.2) is 0 Å². The second-order valence-electron chi connectivity index (χ2n) is 9.13. The summed E-state index contributed by atoms with van der Waals surface area (Å²) in [5, 5.41) is 0. The van der Waals surface area contributed by atoms with Crippen molar-refractivity contribution in [2.75, 3.05) is 6.61 Å². The third kappa shape index (κ3) is 15.6. The van der Waals surface area contributed by atoms with Crippen LogP contribution in [0.3, 0.4) is 0 Å². The van der Waals surface area contributed by atoms with Gasteiger partial charge in [-0.15, -0.1) is 0 Å². The van der Waals surface area contributed by atoms with Gasteiger partial charge in [0.05, 0.1) is 6.61 Å². The van der Waals surface area contributed by atoms with Crippen LogP contribution in [0, 0.1) is 11.3 Å². The summed E-state index contributed by atoms with van der Waals surface area (Å²) in [5.41, 5.74) is -2.12. The van der Waals surface area contributed by atoms with Crippen molar-refractivity contribution < 1.29 is 35.9 Å². The quantitative estimate of drug-likeness (QED) is 0.123. The van der Waals surface area contributed by atoms with Gasteiger partial charge in [0.25, 0.3) is 0 Å². The number of ether oxygens (including phenoxy) is 1. The summed E-state index contributed by atoms with van der Waals surface area (Å²) in [6.45, 7) is 8.47. The van der Waals surface area contributed by atoms with Crippen LogP contribution in [0.5, 0.6) is 0 Å². The first-order chi connectivity index (χ1) is 13.6. The third-order valence-electron chi connectivity index (χ3n) is 4.80. The smallest absolute Gasteiger partial charge is 0.420 e. The maximum atomic E-state index is 12.4. The Balaban J connectivity index is 3.92. The Bertz CT molecular complexity index is 499. The van der Waals surface area contributed by atoms with E-state index in [4.69, 9.17) is 4.74 Å². The zero-order valence-electron chi connectivity index (χ0n) is 18.5. The van der Waals surface area contributed by atoms with E-state index < -0.39 is 17.9 Å². The molecule has 0 aromatic rings. The van der Waals surface area contributed by atoms with Crippen molar-refractivity contribution in [1.29, 1.82) is 0 Å². The molecule has 0 N–H and O–H groups in total. The van der Waals surface area contributed by atoms with Crippen LogP contribution in [-0.4, -0.2) is 24.9 Å². The topological polar surface area (TPSA) is 26.3 Å². The van der Waals surface area contributed by atoms with E-state index in [2.05, 4.69) is 20.8 Å². The molecule has 0 spiro atoms. The Hall–Kier alpha value is -1.21. The first-order valence-corrected chi connectivity index (χ1v) is 10.6. The van der Waals surface area contributed by atoms with Crippen LogP contribution in [0.2, 0.25) is 0 Å². The van der Waals surface area contributed by atoms with Crippen molar-refractivity contribution in [3.63, 3.8) is 0 Å². The summed E-state index contributed by atoms with van der Waals surface area (Å²) in [7, 11) is 0. The minimum absolute atomic E-state index is 0.126. The van der Waals surface area contributed by atoms with E-state index in [1.807, 2.05) is 0 Å². The van der Waals surface area contributed by atoms with Gasteiger partial charge in [0, 0.05) is 6.42 Å². The largest absolute Gasteiger partial charge is 0.466 e. The number of carbonyl (C=O) groups is 1. The minimum Gasteiger partial charge on any atom is -0.466 e. The number of rotatable bonds is 13. The van der Waals surface area contributed by atoms with Gasteiger partial charge in [-0.3, -0.25) is 4.79 Å². The first kappa shape index (κ1) is 28.8. The molecular formula is C22H36F6O2. The zero-order chi connectivity index (χ0) is 23.4. The van der Waals surface area contributed by atoms with Crippen LogP contribution in [0.4, 0.5) is 26.3 Å². The summed E-state index contributed by atoms with van der Waals surface area (Å²) in [5.74, 6) is -0.465. The van der Waals surface area contributed by atoms with Gasteiger partial charge in [-0.1, -0.05) is 59.5 Å². The molecular weight excluding hydrogens is 410 g/mol. The minimum atomic E-state index is -5.41. The molecule has 0 radical (unpaired) electrons. The highest BCUT2D eigenvalue weighted by atomic mass is 19.4. The lowest BCUT2D eigenvalue weighted by atomic mass is 9.89. The van der Waals surface area contributed by atoms with Gasteiger partial charge in [0.2, 0.25) is 0 Å². The van der Waals surface area contributed by atoms with Crippen LogP contribution in [-0.2, 0) is 9.53 Å². The third-order valence-corrected chi connectivity index (χ3v) is 4.80. The first-order valence-electron chi connectivity index (χ1n) is 10.6. The number of allylic oxidation sites excluding steroid dienone is 2. The van der Waals surface area contributed by atoms with Crippen LogP contribution in [0.1, 0.15) is 91.9 Å². The maximum Gasteiger partial charge on any atom is 0.420 e. The van der Waals surface area contributed by atoms with Crippen molar-refractivity contribution in [2.45, 2.75) is 104 Å². The van der Waals surface area contributed by atoms with Gasteiger partial charge >= 0.3 is 18.3 Å². The second-order valence-corrected chi connectivity index (χ2v) is 9.13. The van der Waals surface area contributed by atoms with E-state index in [0.29, 0.717) is 18.3 Å². The lowest BCUT2D eigenvalue weighted by Gasteiger charge is -2.17. The van der Waals surface area contributed by atoms with Gasteiger partial charge < -0.3 is 4.74 Å². The predicted molar refractivity (Wildman–Crippen MR) is 106 cm³/mol. The van der Waals surface area contributed by atoms with Crippen molar-refractivity contribution in [3.8, 4) is 0 Å². The molecule has 8 heteroatoms. The highest BCUT2D eigenvalue weighted by molar-refractivity contribution is 5.69. The van der Waals surface area contributed by atoms with Crippen molar-refractivity contribution in [1.82, 2.24) is 0 Å². The molecule has 0 aliphatic heterocycles. The Morgan fingerprint density at radius 3 is 1.93 bits per heavy atom.